The lowest BCUT2D eigenvalue weighted by atomic mass is 10.1. The number of hydrogen-bond acceptors (Lipinski definition) is 5. The highest BCUT2D eigenvalue weighted by molar-refractivity contribution is 6.04. The van der Waals surface area contributed by atoms with E-state index in [4.69, 9.17) is 5.26 Å². The molecule has 1 fully saturated rings. The SMILES string of the molecule is Cc1cc(-n2nc(N3CCC(C#N)C3=O)c3ccncc32)ccn1. The third-order valence-electron chi connectivity index (χ3n) is 4.21. The first kappa shape index (κ1) is 14.3. The number of hydrogen-bond donors (Lipinski definition) is 0. The number of carbonyl (C=O) groups is 1. The van der Waals surface area contributed by atoms with Crippen molar-refractivity contribution in [2.45, 2.75) is 13.3 Å². The second-order valence-electron chi connectivity index (χ2n) is 5.74. The molecule has 0 aliphatic carbocycles. The first-order valence-corrected chi connectivity index (χ1v) is 7.66. The number of nitrogens with zero attached hydrogens (tertiary/aromatic N) is 6. The molecule has 118 valence electrons. The van der Waals surface area contributed by atoms with Crippen LogP contribution in [0.3, 0.4) is 0 Å². The van der Waals surface area contributed by atoms with E-state index in [1.54, 1.807) is 28.2 Å². The molecule has 1 aliphatic heterocycles. The lowest BCUT2D eigenvalue weighted by Gasteiger charge is -2.12. The number of rotatable bonds is 2. The Morgan fingerprint density at radius 3 is 2.96 bits per heavy atom. The van der Waals surface area contributed by atoms with Gasteiger partial charge in [0.05, 0.1) is 23.5 Å². The van der Waals surface area contributed by atoms with Crippen LogP contribution >= 0.6 is 0 Å². The summed E-state index contributed by atoms with van der Waals surface area (Å²) in [6.07, 6.45) is 5.66. The molecule has 1 unspecified atom stereocenters. The van der Waals surface area contributed by atoms with Crippen molar-refractivity contribution in [2.24, 2.45) is 5.92 Å². The number of amides is 1. The fourth-order valence-corrected chi connectivity index (χ4v) is 3.02. The van der Waals surface area contributed by atoms with Crippen molar-refractivity contribution in [2.75, 3.05) is 11.4 Å². The number of pyridine rings is 2. The van der Waals surface area contributed by atoms with Gasteiger partial charge in [-0.3, -0.25) is 19.7 Å². The van der Waals surface area contributed by atoms with Gasteiger partial charge >= 0.3 is 0 Å². The first-order valence-electron chi connectivity index (χ1n) is 7.66. The number of aromatic nitrogens is 4. The molecule has 24 heavy (non-hydrogen) atoms. The number of nitriles is 1. The summed E-state index contributed by atoms with van der Waals surface area (Å²) < 4.78 is 1.76. The number of anilines is 1. The van der Waals surface area contributed by atoms with Gasteiger partial charge in [0.1, 0.15) is 5.92 Å². The van der Waals surface area contributed by atoms with Crippen LogP contribution < -0.4 is 4.90 Å². The van der Waals surface area contributed by atoms with Crippen molar-refractivity contribution < 1.29 is 4.79 Å². The second-order valence-corrected chi connectivity index (χ2v) is 5.74. The molecule has 4 rings (SSSR count). The van der Waals surface area contributed by atoms with Gasteiger partial charge in [0.2, 0.25) is 5.91 Å². The van der Waals surface area contributed by atoms with Crippen molar-refractivity contribution in [3.8, 4) is 11.8 Å². The van der Waals surface area contributed by atoms with Gasteiger partial charge in [0.15, 0.2) is 5.82 Å². The van der Waals surface area contributed by atoms with Gasteiger partial charge in [0.25, 0.3) is 0 Å². The van der Waals surface area contributed by atoms with Crippen molar-refractivity contribution >= 4 is 22.6 Å². The Morgan fingerprint density at radius 2 is 2.21 bits per heavy atom. The lowest BCUT2D eigenvalue weighted by Crippen LogP contribution is -2.27. The van der Waals surface area contributed by atoms with Crippen LogP contribution in [0.4, 0.5) is 5.82 Å². The molecule has 3 aromatic heterocycles. The van der Waals surface area contributed by atoms with Crippen LogP contribution in [0.2, 0.25) is 0 Å². The number of carbonyl (C=O) groups excluding carboxylic acids is 1. The molecule has 0 bridgehead atoms. The van der Waals surface area contributed by atoms with Crippen molar-refractivity contribution in [3.63, 3.8) is 0 Å². The molecule has 0 aromatic carbocycles. The topological polar surface area (TPSA) is 87.7 Å². The summed E-state index contributed by atoms with van der Waals surface area (Å²) in [7, 11) is 0. The summed E-state index contributed by atoms with van der Waals surface area (Å²) in [5.41, 5.74) is 2.55. The normalized spacial score (nSPS) is 17.4. The minimum atomic E-state index is -0.588. The smallest absolute Gasteiger partial charge is 0.245 e. The minimum absolute atomic E-state index is 0.188. The minimum Gasteiger partial charge on any atom is -0.294 e. The van der Waals surface area contributed by atoms with E-state index in [0.717, 1.165) is 22.3 Å². The van der Waals surface area contributed by atoms with Crippen LogP contribution in [0.25, 0.3) is 16.6 Å². The molecule has 0 saturated carbocycles. The fourth-order valence-electron chi connectivity index (χ4n) is 3.02. The van der Waals surface area contributed by atoms with Crippen LogP contribution in [0.1, 0.15) is 12.1 Å². The summed E-state index contributed by atoms with van der Waals surface area (Å²) >= 11 is 0. The van der Waals surface area contributed by atoms with Crippen molar-refractivity contribution in [3.05, 3.63) is 42.5 Å². The second kappa shape index (κ2) is 5.42. The zero-order chi connectivity index (χ0) is 16.7. The monoisotopic (exact) mass is 318 g/mol. The van der Waals surface area contributed by atoms with Gasteiger partial charge in [-0.05, 0) is 31.5 Å². The maximum Gasteiger partial charge on any atom is 0.245 e. The molecule has 7 nitrogen and oxygen atoms in total. The Labute approximate surface area is 138 Å². The quantitative estimate of drug-likeness (QED) is 0.721. The van der Waals surface area contributed by atoms with Gasteiger partial charge in [-0.15, -0.1) is 5.10 Å². The summed E-state index contributed by atoms with van der Waals surface area (Å²) in [5.74, 6) is -0.202. The number of fused-ring (bicyclic) bond motifs is 1. The van der Waals surface area contributed by atoms with Gasteiger partial charge in [-0.25, -0.2) is 4.68 Å². The van der Waals surface area contributed by atoms with Gasteiger partial charge < -0.3 is 0 Å². The molecule has 1 amide bonds. The highest BCUT2D eigenvalue weighted by atomic mass is 16.2. The molecule has 0 spiro atoms. The van der Waals surface area contributed by atoms with E-state index in [9.17, 15) is 4.79 Å². The average molecular weight is 318 g/mol. The molecule has 3 aromatic rings. The van der Waals surface area contributed by atoms with Gasteiger partial charge in [-0.2, -0.15) is 5.26 Å². The summed E-state index contributed by atoms with van der Waals surface area (Å²) in [4.78, 5) is 22.4. The number of aryl methyl sites for hydroxylation is 1. The molecular weight excluding hydrogens is 304 g/mol. The highest BCUT2D eigenvalue weighted by Crippen LogP contribution is 2.31. The van der Waals surface area contributed by atoms with Crippen LogP contribution in [-0.4, -0.2) is 32.2 Å². The van der Waals surface area contributed by atoms with Crippen molar-refractivity contribution in [1.82, 2.24) is 19.7 Å². The van der Waals surface area contributed by atoms with Crippen LogP contribution in [0, 0.1) is 24.2 Å². The zero-order valence-corrected chi connectivity index (χ0v) is 13.0. The molecule has 0 N–H and O–H groups in total. The van der Waals surface area contributed by atoms with Gasteiger partial charge in [0, 0.05) is 30.0 Å². The Kier molecular flexibility index (Phi) is 3.24. The summed E-state index contributed by atoms with van der Waals surface area (Å²) in [5, 5.41) is 14.6. The molecule has 7 heteroatoms. The van der Waals surface area contributed by atoms with E-state index in [2.05, 4.69) is 21.1 Å². The third-order valence-corrected chi connectivity index (χ3v) is 4.21. The summed E-state index contributed by atoms with van der Waals surface area (Å²) in [6.45, 7) is 2.41. The molecule has 1 saturated heterocycles. The Balaban J connectivity index is 1.90. The Bertz CT molecular complexity index is 986. The van der Waals surface area contributed by atoms with Gasteiger partial charge in [-0.1, -0.05) is 0 Å². The average Bonchev–Trinajstić information content (AvgIpc) is 3.15. The van der Waals surface area contributed by atoms with Crippen LogP contribution in [-0.2, 0) is 4.79 Å². The van der Waals surface area contributed by atoms with E-state index in [-0.39, 0.29) is 5.91 Å². The van der Waals surface area contributed by atoms with E-state index in [1.165, 1.54) is 0 Å². The molecule has 1 atom stereocenters. The maximum atomic E-state index is 12.4. The Morgan fingerprint density at radius 1 is 1.33 bits per heavy atom. The standard InChI is InChI=1S/C17H14N6O/c1-11-8-13(2-6-20-11)23-15-10-19-5-3-14(15)16(21-23)22-7-4-12(9-18)17(22)24/h2-3,5-6,8,10,12H,4,7H2,1H3. The highest BCUT2D eigenvalue weighted by Gasteiger charge is 2.35. The molecule has 1 aliphatic rings. The maximum absolute atomic E-state index is 12.4. The first-order chi connectivity index (χ1) is 11.7. The molecule has 0 radical (unpaired) electrons. The van der Waals surface area contributed by atoms with E-state index in [0.29, 0.717) is 18.8 Å². The predicted octanol–water partition coefficient (Wildman–Crippen LogP) is 2.00. The third kappa shape index (κ3) is 2.12. The van der Waals surface area contributed by atoms with E-state index < -0.39 is 5.92 Å². The van der Waals surface area contributed by atoms with Crippen LogP contribution in [0.15, 0.2) is 36.8 Å². The zero-order valence-electron chi connectivity index (χ0n) is 13.0. The predicted molar refractivity (Wildman–Crippen MR) is 87.5 cm³/mol. The molecular formula is C17H14N6O. The largest absolute Gasteiger partial charge is 0.294 e. The molecule has 4 heterocycles. The van der Waals surface area contributed by atoms with Crippen LogP contribution in [0.5, 0.6) is 0 Å². The van der Waals surface area contributed by atoms with E-state index in [1.807, 2.05) is 25.1 Å². The fraction of sp³-hybridized carbons (Fsp3) is 0.235. The summed E-state index contributed by atoms with van der Waals surface area (Å²) in [6, 6.07) is 7.69. The lowest BCUT2D eigenvalue weighted by molar-refractivity contribution is -0.119. The Hall–Kier alpha value is -3.27. The van der Waals surface area contributed by atoms with E-state index >= 15 is 0 Å². The van der Waals surface area contributed by atoms with Crippen molar-refractivity contribution in [1.29, 1.82) is 5.26 Å².